The van der Waals surface area contributed by atoms with E-state index in [4.69, 9.17) is 0 Å². The maximum absolute atomic E-state index is 9.34. The Hall–Kier alpha value is -1.60. The predicted octanol–water partition coefficient (Wildman–Crippen LogP) is 2.66. The van der Waals surface area contributed by atoms with Crippen LogP contribution in [0.15, 0.2) is 6.07 Å². The fourth-order valence-corrected chi connectivity index (χ4v) is 3.57. The van der Waals surface area contributed by atoms with E-state index in [1.165, 1.54) is 19.3 Å². The molecule has 0 amide bonds. The van der Waals surface area contributed by atoms with Crippen LogP contribution in [0.5, 0.6) is 0 Å². The third-order valence-corrected chi connectivity index (χ3v) is 4.74. The van der Waals surface area contributed by atoms with Gasteiger partial charge in [-0.05, 0) is 58.6 Å². The van der Waals surface area contributed by atoms with Gasteiger partial charge >= 0.3 is 0 Å². The molecular formula is C16H22N4. The van der Waals surface area contributed by atoms with Crippen LogP contribution in [-0.4, -0.2) is 23.1 Å². The highest BCUT2D eigenvalue weighted by Crippen LogP contribution is 2.39. The van der Waals surface area contributed by atoms with Crippen LogP contribution in [-0.2, 0) is 0 Å². The van der Waals surface area contributed by atoms with E-state index in [-0.39, 0.29) is 0 Å². The molecule has 2 aliphatic rings. The summed E-state index contributed by atoms with van der Waals surface area (Å²) in [6.45, 7) is 4.96. The Morgan fingerprint density at radius 1 is 1.45 bits per heavy atom. The maximum Gasteiger partial charge on any atom is 0.103 e. The average Bonchev–Trinajstić information content (AvgIpc) is 2.37. The number of piperidine rings is 1. The Labute approximate surface area is 120 Å². The fourth-order valence-electron chi connectivity index (χ4n) is 3.57. The Morgan fingerprint density at radius 2 is 2.25 bits per heavy atom. The molecule has 0 radical (unpaired) electrons. The predicted molar refractivity (Wildman–Crippen MR) is 79.7 cm³/mol. The molecule has 1 aromatic rings. The van der Waals surface area contributed by atoms with Gasteiger partial charge in [-0.25, -0.2) is 0 Å². The zero-order valence-electron chi connectivity index (χ0n) is 12.3. The van der Waals surface area contributed by atoms with Gasteiger partial charge in [-0.1, -0.05) is 0 Å². The minimum atomic E-state index is 0.375. The first-order valence-corrected chi connectivity index (χ1v) is 7.52. The minimum Gasteiger partial charge on any atom is -0.381 e. The van der Waals surface area contributed by atoms with Crippen LogP contribution in [0, 0.1) is 25.2 Å². The number of nitrogens with one attached hydrogen (secondary N) is 2. The second-order valence-corrected chi connectivity index (χ2v) is 6.28. The van der Waals surface area contributed by atoms with Crippen molar-refractivity contribution in [3.8, 4) is 6.07 Å². The van der Waals surface area contributed by atoms with E-state index in [1.54, 1.807) is 0 Å². The highest BCUT2D eigenvalue weighted by atomic mass is 15.1. The smallest absolute Gasteiger partial charge is 0.103 e. The average molecular weight is 270 g/mol. The molecule has 0 bridgehead atoms. The largest absolute Gasteiger partial charge is 0.381 e. The van der Waals surface area contributed by atoms with Gasteiger partial charge in [0.2, 0.25) is 0 Å². The monoisotopic (exact) mass is 270 g/mol. The Kier molecular flexibility index (Phi) is 3.39. The summed E-state index contributed by atoms with van der Waals surface area (Å²) in [6, 6.07) is 4.75. The Balaban J connectivity index is 1.79. The molecule has 1 saturated carbocycles. The fraction of sp³-hybridized carbons (Fsp3) is 0.625. The van der Waals surface area contributed by atoms with Crippen LogP contribution in [0.25, 0.3) is 0 Å². The van der Waals surface area contributed by atoms with E-state index in [2.05, 4.69) is 21.7 Å². The summed E-state index contributed by atoms with van der Waals surface area (Å²) in [6.07, 6.45) is 6.22. The molecule has 2 heterocycles. The lowest BCUT2D eigenvalue weighted by Gasteiger charge is -2.48. The molecule has 1 atom stereocenters. The summed E-state index contributed by atoms with van der Waals surface area (Å²) in [4.78, 5) is 4.38. The highest BCUT2D eigenvalue weighted by molar-refractivity contribution is 5.60. The van der Waals surface area contributed by atoms with Gasteiger partial charge in [0, 0.05) is 17.3 Å². The SMILES string of the molecule is Cc1cc(NC2CCNC3(CCC3)C2)c(C#N)c(C)n1. The zero-order valence-corrected chi connectivity index (χ0v) is 12.3. The van der Waals surface area contributed by atoms with Crippen molar-refractivity contribution in [1.29, 1.82) is 5.26 Å². The number of aromatic nitrogens is 1. The van der Waals surface area contributed by atoms with Crippen LogP contribution in [0.2, 0.25) is 0 Å². The second kappa shape index (κ2) is 5.06. The van der Waals surface area contributed by atoms with Gasteiger partial charge in [-0.2, -0.15) is 5.26 Å². The van der Waals surface area contributed by atoms with Gasteiger partial charge in [0.25, 0.3) is 0 Å². The molecule has 1 spiro atoms. The molecule has 1 aliphatic heterocycles. The van der Waals surface area contributed by atoms with Crippen LogP contribution >= 0.6 is 0 Å². The molecule has 1 aromatic heterocycles. The summed E-state index contributed by atoms with van der Waals surface area (Å²) in [7, 11) is 0. The Morgan fingerprint density at radius 3 is 2.90 bits per heavy atom. The number of anilines is 1. The lowest BCUT2D eigenvalue weighted by Crippen LogP contribution is -2.58. The van der Waals surface area contributed by atoms with Gasteiger partial charge in [0.05, 0.1) is 16.9 Å². The summed E-state index contributed by atoms with van der Waals surface area (Å²) in [5.74, 6) is 0. The molecule has 106 valence electrons. The molecule has 1 aliphatic carbocycles. The number of pyridine rings is 1. The van der Waals surface area contributed by atoms with Crippen molar-refractivity contribution in [2.45, 2.75) is 57.5 Å². The maximum atomic E-state index is 9.34. The third kappa shape index (κ3) is 2.38. The molecular weight excluding hydrogens is 248 g/mol. The van der Waals surface area contributed by atoms with Crippen molar-refractivity contribution in [1.82, 2.24) is 10.3 Å². The molecule has 4 nitrogen and oxygen atoms in total. The molecule has 2 fully saturated rings. The lowest BCUT2D eigenvalue weighted by molar-refractivity contribution is 0.135. The molecule has 0 aromatic carbocycles. The van der Waals surface area contributed by atoms with Crippen LogP contribution in [0.4, 0.5) is 5.69 Å². The van der Waals surface area contributed by atoms with Gasteiger partial charge < -0.3 is 10.6 Å². The number of hydrogen-bond acceptors (Lipinski definition) is 4. The summed E-state index contributed by atoms with van der Waals surface area (Å²) in [5, 5.41) is 16.6. The molecule has 4 heteroatoms. The first-order valence-electron chi connectivity index (χ1n) is 7.52. The molecule has 1 saturated heterocycles. The number of rotatable bonds is 2. The summed E-state index contributed by atoms with van der Waals surface area (Å²) < 4.78 is 0. The van der Waals surface area contributed by atoms with Crippen LogP contribution in [0.1, 0.15) is 49.1 Å². The van der Waals surface area contributed by atoms with Gasteiger partial charge in [-0.3, -0.25) is 4.98 Å². The zero-order chi connectivity index (χ0) is 14.2. The van der Waals surface area contributed by atoms with Crippen molar-refractivity contribution in [3.05, 3.63) is 23.0 Å². The van der Waals surface area contributed by atoms with Crippen molar-refractivity contribution in [2.75, 3.05) is 11.9 Å². The van der Waals surface area contributed by atoms with Crippen molar-refractivity contribution < 1.29 is 0 Å². The Bertz CT molecular complexity index is 554. The highest BCUT2D eigenvalue weighted by Gasteiger charge is 2.40. The van der Waals surface area contributed by atoms with E-state index < -0.39 is 0 Å². The topological polar surface area (TPSA) is 60.7 Å². The lowest BCUT2D eigenvalue weighted by atomic mass is 9.70. The first-order chi connectivity index (χ1) is 9.62. The van der Waals surface area contributed by atoms with Gasteiger partial charge in [0.15, 0.2) is 0 Å². The molecule has 3 rings (SSSR count). The van der Waals surface area contributed by atoms with E-state index >= 15 is 0 Å². The molecule has 20 heavy (non-hydrogen) atoms. The van der Waals surface area contributed by atoms with Crippen molar-refractivity contribution >= 4 is 5.69 Å². The van der Waals surface area contributed by atoms with Crippen LogP contribution in [0.3, 0.4) is 0 Å². The van der Waals surface area contributed by atoms with Crippen molar-refractivity contribution in [2.24, 2.45) is 0 Å². The number of aryl methyl sites for hydroxylation is 2. The summed E-state index contributed by atoms with van der Waals surface area (Å²) in [5.41, 5.74) is 3.81. The quantitative estimate of drug-likeness (QED) is 0.867. The first kappa shape index (κ1) is 13.4. The normalized spacial score (nSPS) is 23.9. The minimum absolute atomic E-state index is 0.375. The van der Waals surface area contributed by atoms with E-state index in [9.17, 15) is 5.26 Å². The van der Waals surface area contributed by atoms with E-state index in [1.807, 2.05) is 19.9 Å². The standard InChI is InChI=1S/C16H22N4/c1-11-8-15(14(10-17)12(2)19-11)20-13-4-7-18-16(9-13)5-3-6-16/h8,13,18H,3-7,9H2,1-2H3,(H,19,20). The van der Waals surface area contributed by atoms with E-state index in [0.717, 1.165) is 36.5 Å². The van der Waals surface area contributed by atoms with Crippen molar-refractivity contribution in [3.63, 3.8) is 0 Å². The van der Waals surface area contributed by atoms with Gasteiger partial charge in [0.1, 0.15) is 6.07 Å². The molecule has 1 unspecified atom stereocenters. The van der Waals surface area contributed by atoms with Gasteiger partial charge in [-0.15, -0.1) is 0 Å². The van der Waals surface area contributed by atoms with Crippen LogP contribution < -0.4 is 10.6 Å². The number of nitriles is 1. The summed E-state index contributed by atoms with van der Waals surface area (Å²) >= 11 is 0. The third-order valence-electron chi connectivity index (χ3n) is 4.74. The number of hydrogen-bond donors (Lipinski definition) is 2. The second-order valence-electron chi connectivity index (χ2n) is 6.28. The number of nitrogens with zero attached hydrogens (tertiary/aromatic N) is 2. The van der Waals surface area contributed by atoms with E-state index in [0.29, 0.717) is 17.1 Å². The molecule has 2 N–H and O–H groups in total.